The fraction of sp³-hybridized carbons (Fsp3) is 0.182. The van der Waals surface area contributed by atoms with Crippen molar-refractivity contribution in [2.24, 2.45) is 5.73 Å². The summed E-state index contributed by atoms with van der Waals surface area (Å²) in [6.07, 6.45) is 2.19. The summed E-state index contributed by atoms with van der Waals surface area (Å²) in [5.41, 5.74) is 6.20. The van der Waals surface area contributed by atoms with E-state index in [0.717, 1.165) is 0 Å². The van der Waals surface area contributed by atoms with Crippen molar-refractivity contribution in [1.82, 2.24) is 0 Å². The predicted molar refractivity (Wildman–Crippen MR) is 55.4 cm³/mol. The van der Waals surface area contributed by atoms with Crippen LogP contribution in [0.5, 0.6) is 5.75 Å². The molecule has 84 valence electrons. The van der Waals surface area contributed by atoms with Gasteiger partial charge in [-0.1, -0.05) is 6.07 Å². The van der Waals surface area contributed by atoms with E-state index in [2.05, 4.69) is 0 Å². The van der Waals surface area contributed by atoms with Crippen LogP contribution in [0.15, 0.2) is 30.0 Å². The summed E-state index contributed by atoms with van der Waals surface area (Å²) in [7, 11) is 0. The fourth-order valence-electron chi connectivity index (χ4n) is 1.51. The van der Waals surface area contributed by atoms with Crippen molar-refractivity contribution in [2.75, 3.05) is 6.61 Å². The molecule has 1 aliphatic rings. The van der Waals surface area contributed by atoms with Crippen LogP contribution in [0, 0.1) is 0 Å². The van der Waals surface area contributed by atoms with Crippen LogP contribution < -0.4 is 5.73 Å². The van der Waals surface area contributed by atoms with Crippen LogP contribution in [0.3, 0.4) is 0 Å². The summed E-state index contributed by atoms with van der Waals surface area (Å²) in [6.45, 7) is 0.402. The second kappa shape index (κ2) is 4.24. The molecular formula is C11H11NO4. The van der Waals surface area contributed by atoms with E-state index in [-0.39, 0.29) is 11.3 Å². The van der Waals surface area contributed by atoms with Crippen LogP contribution in [0.1, 0.15) is 15.9 Å². The van der Waals surface area contributed by atoms with E-state index >= 15 is 0 Å². The van der Waals surface area contributed by atoms with Crippen LogP contribution in [0.2, 0.25) is 0 Å². The highest BCUT2D eigenvalue weighted by atomic mass is 17.2. The fourth-order valence-corrected chi connectivity index (χ4v) is 1.51. The van der Waals surface area contributed by atoms with Gasteiger partial charge in [0.1, 0.15) is 18.1 Å². The van der Waals surface area contributed by atoms with E-state index in [1.54, 1.807) is 12.1 Å². The predicted octanol–water partition coefficient (Wildman–Crippen LogP) is 0.879. The molecule has 0 aromatic heterocycles. The molecule has 5 nitrogen and oxygen atoms in total. The van der Waals surface area contributed by atoms with E-state index in [4.69, 9.17) is 15.5 Å². The molecule has 0 unspecified atom stereocenters. The van der Waals surface area contributed by atoms with Gasteiger partial charge in [0.2, 0.25) is 5.91 Å². The second-order valence-electron chi connectivity index (χ2n) is 3.42. The van der Waals surface area contributed by atoms with Gasteiger partial charge in [0.25, 0.3) is 0 Å². The molecule has 0 aliphatic carbocycles. The van der Waals surface area contributed by atoms with E-state index < -0.39 is 5.91 Å². The standard InChI is InChI=1S/C11H11NO4/c12-11(14)10-6-8(13)2-1-7(10)5-9-3-4-15-16-9/h1-3,6,13H,4-5H2,(H2,12,14). The summed E-state index contributed by atoms with van der Waals surface area (Å²) in [4.78, 5) is 20.7. The van der Waals surface area contributed by atoms with Crippen molar-refractivity contribution in [1.29, 1.82) is 0 Å². The maximum Gasteiger partial charge on any atom is 0.249 e. The van der Waals surface area contributed by atoms with E-state index in [0.29, 0.717) is 24.4 Å². The lowest BCUT2D eigenvalue weighted by atomic mass is 10.0. The SMILES string of the molecule is NC(=O)c1cc(O)ccc1CC1=CCOO1. The lowest BCUT2D eigenvalue weighted by Crippen LogP contribution is -2.14. The van der Waals surface area contributed by atoms with Gasteiger partial charge in [-0.05, 0) is 23.8 Å². The molecule has 5 heteroatoms. The summed E-state index contributed by atoms with van der Waals surface area (Å²) in [6, 6.07) is 4.48. The van der Waals surface area contributed by atoms with Gasteiger partial charge in [-0.2, -0.15) is 4.89 Å². The number of phenols is 1. The van der Waals surface area contributed by atoms with Crippen LogP contribution in [0.25, 0.3) is 0 Å². The average molecular weight is 221 g/mol. The van der Waals surface area contributed by atoms with Gasteiger partial charge in [-0.25, -0.2) is 0 Å². The quantitative estimate of drug-likeness (QED) is 0.742. The number of rotatable bonds is 3. The topological polar surface area (TPSA) is 81.8 Å². The zero-order valence-corrected chi connectivity index (χ0v) is 8.47. The molecule has 3 N–H and O–H groups in total. The Labute approximate surface area is 92.0 Å². The van der Waals surface area contributed by atoms with Crippen LogP contribution in [0.4, 0.5) is 0 Å². The van der Waals surface area contributed by atoms with Crippen molar-refractivity contribution in [3.05, 3.63) is 41.2 Å². The molecule has 2 rings (SSSR count). The van der Waals surface area contributed by atoms with Crippen LogP contribution >= 0.6 is 0 Å². The van der Waals surface area contributed by atoms with Gasteiger partial charge in [0.15, 0.2) is 0 Å². The summed E-state index contributed by atoms with van der Waals surface area (Å²) in [5, 5.41) is 9.27. The normalized spacial score (nSPS) is 14.4. The smallest absolute Gasteiger partial charge is 0.249 e. The Morgan fingerprint density at radius 1 is 1.50 bits per heavy atom. The maximum atomic E-state index is 11.2. The Kier molecular flexibility index (Phi) is 2.78. The molecule has 1 aromatic carbocycles. The minimum Gasteiger partial charge on any atom is -0.508 e. The first-order valence-corrected chi connectivity index (χ1v) is 4.77. The lowest BCUT2D eigenvalue weighted by Gasteiger charge is -2.07. The molecule has 0 radical (unpaired) electrons. The molecule has 1 aromatic rings. The maximum absolute atomic E-state index is 11.2. The summed E-state index contributed by atoms with van der Waals surface area (Å²) in [5.74, 6) is 0.0636. The Balaban J connectivity index is 2.28. The van der Waals surface area contributed by atoms with Crippen molar-refractivity contribution in [2.45, 2.75) is 6.42 Å². The van der Waals surface area contributed by atoms with Gasteiger partial charge < -0.3 is 15.7 Å². The van der Waals surface area contributed by atoms with Crippen LogP contribution in [-0.2, 0) is 16.2 Å². The highest BCUT2D eigenvalue weighted by Crippen LogP contribution is 2.21. The molecule has 16 heavy (non-hydrogen) atoms. The molecule has 1 amide bonds. The van der Waals surface area contributed by atoms with Crippen molar-refractivity contribution < 1.29 is 19.7 Å². The van der Waals surface area contributed by atoms with E-state index in [1.165, 1.54) is 12.1 Å². The first-order chi connectivity index (χ1) is 7.66. The second-order valence-corrected chi connectivity index (χ2v) is 3.42. The Morgan fingerprint density at radius 3 is 2.94 bits per heavy atom. The minimum absolute atomic E-state index is 0.00937. The number of aromatic hydroxyl groups is 1. The summed E-state index contributed by atoms with van der Waals surface area (Å²) >= 11 is 0. The highest BCUT2D eigenvalue weighted by molar-refractivity contribution is 5.94. The third-order valence-corrected chi connectivity index (χ3v) is 2.27. The Bertz CT molecular complexity index is 453. The number of carbonyl (C=O) groups is 1. The molecule has 0 bridgehead atoms. The first-order valence-electron chi connectivity index (χ1n) is 4.77. The third-order valence-electron chi connectivity index (χ3n) is 2.27. The Morgan fingerprint density at radius 2 is 2.31 bits per heavy atom. The molecular weight excluding hydrogens is 210 g/mol. The van der Waals surface area contributed by atoms with E-state index in [9.17, 15) is 9.90 Å². The molecule has 0 saturated carbocycles. The monoisotopic (exact) mass is 221 g/mol. The van der Waals surface area contributed by atoms with Crippen molar-refractivity contribution in [3.8, 4) is 5.75 Å². The molecule has 1 heterocycles. The number of hydrogen-bond donors (Lipinski definition) is 2. The number of nitrogens with two attached hydrogens (primary N) is 1. The average Bonchev–Trinajstić information content (AvgIpc) is 2.73. The largest absolute Gasteiger partial charge is 0.508 e. The zero-order valence-electron chi connectivity index (χ0n) is 8.47. The van der Waals surface area contributed by atoms with Gasteiger partial charge in [0.05, 0.1) is 0 Å². The molecule has 0 fully saturated rings. The number of primary amides is 1. The van der Waals surface area contributed by atoms with Gasteiger partial charge >= 0.3 is 0 Å². The van der Waals surface area contributed by atoms with Crippen molar-refractivity contribution >= 4 is 5.91 Å². The zero-order chi connectivity index (χ0) is 11.5. The first kappa shape index (κ1) is 10.5. The highest BCUT2D eigenvalue weighted by Gasteiger charge is 2.14. The Hall–Kier alpha value is -2.01. The third kappa shape index (κ3) is 2.14. The number of hydrogen-bond acceptors (Lipinski definition) is 4. The number of benzene rings is 1. The van der Waals surface area contributed by atoms with E-state index in [1.807, 2.05) is 0 Å². The molecule has 0 spiro atoms. The number of amides is 1. The summed E-state index contributed by atoms with van der Waals surface area (Å²) < 4.78 is 0. The minimum atomic E-state index is -0.578. The lowest BCUT2D eigenvalue weighted by molar-refractivity contribution is -0.234. The number of phenolic OH excluding ortho intramolecular Hbond substituents is 1. The van der Waals surface area contributed by atoms with Crippen LogP contribution in [-0.4, -0.2) is 17.6 Å². The molecule has 0 saturated heterocycles. The number of allylic oxidation sites excluding steroid dienone is 1. The van der Waals surface area contributed by atoms with Gasteiger partial charge in [0, 0.05) is 12.0 Å². The number of carbonyl (C=O) groups excluding carboxylic acids is 1. The molecule has 1 aliphatic heterocycles. The molecule has 0 atom stereocenters. The van der Waals surface area contributed by atoms with Crippen molar-refractivity contribution in [3.63, 3.8) is 0 Å². The van der Waals surface area contributed by atoms with Gasteiger partial charge in [-0.3, -0.25) is 4.79 Å². The van der Waals surface area contributed by atoms with Gasteiger partial charge in [-0.15, -0.1) is 0 Å².